The summed E-state index contributed by atoms with van der Waals surface area (Å²) in [6, 6.07) is 0. The van der Waals surface area contributed by atoms with Crippen molar-refractivity contribution in [2.45, 2.75) is 32.6 Å². The van der Waals surface area contributed by atoms with Gasteiger partial charge in [-0.3, -0.25) is 0 Å². The topological polar surface area (TPSA) is 72.2 Å². The normalized spacial score (nSPS) is 20.4. The molecule has 4 nitrogen and oxygen atoms in total. The first kappa shape index (κ1) is 11.9. The van der Waals surface area contributed by atoms with Crippen molar-refractivity contribution in [2.24, 2.45) is 10.6 Å². The van der Waals surface area contributed by atoms with E-state index >= 15 is 0 Å². The molecule has 0 aromatic rings. The molecule has 0 bridgehead atoms. The van der Waals surface area contributed by atoms with Gasteiger partial charge in [-0.2, -0.15) is 0 Å². The summed E-state index contributed by atoms with van der Waals surface area (Å²) in [5.74, 6) is 0.0345. The molecule has 0 amide bonds. The summed E-state index contributed by atoms with van der Waals surface area (Å²) in [7, 11) is -3.30. The molecule has 0 aromatic heterocycles. The summed E-state index contributed by atoms with van der Waals surface area (Å²) in [4.78, 5) is 0. The lowest BCUT2D eigenvalue weighted by atomic mass is 9.67. The van der Waals surface area contributed by atoms with Crippen molar-refractivity contribution in [1.82, 2.24) is 5.32 Å². The number of nitrogens with two attached hydrogens (primary N) is 1. The van der Waals surface area contributed by atoms with Crippen molar-refractivity contribution in [3.8, 4) is 0 Å². The Hall–Kier alpha value is -0.130. The van der Waals surface area contributed by atoms with Gasteiger partial charge in [-0.1, -0.05) is 13.3 Å². The van der Waals surface area contributed by atoms with Gasteiger partial charge in [-0.25, -0.2) is 13.6 Å². The van der Waals surface area contributed by atoms with E-state index in [1.807, 2.05) is 0 Å². The number of rotatable bonds is 6. The van der Waals surface area contributed by atoms with Crippen LogP contribution in [0.5, 0.6) is 0 Å². The van der Waals surface area contributed by atoms with Crippen molar-refractivity contribution in [3.05, 3.63) is 0 Å². The fourth-order valence-corrected chi connectivity index (χ4v) is 2.33. The molecule has 0 spiro atoms. The van der Waals surface area contributed by atoms with Gasteiger partial charge >= 0.3 is 0 Å². The molecule has 1 rings (SSSR count). The Balaban J connectivity index is 2.15. The molecule has 14 heavy (non-hydrogen) atoms. The molecule has 84 valence electrons. The Labute approximate surface area is 86.3 Å². The third kappa shape index (κ3) is 3.55. The summed E-state index contributed by atoms with van der Waals surface area (Å²) < 4.78 is 21.3. The fourth-order valence-electron chi connectivity index (χ4n) is 1.90. The first-order valence-electron chi connectivity index (χ1n) is 5.19. The first-order chi connectivity index (χ1) is 6.47. The Bertz CT molecular complexity index is 265. The highest BCUT2D eigenvalue weighted by molar-refractivity contribution is 7.89. The van der Waals surface area contributed by atoms with Crippen LogP contribution in [0.4, 0.5) is 0 Å². The van der Waals surface area contributed by atoms with E-state index in [1.165, 1.54) is 25.7 Å². The molecule has 1 fully saturated rings. The van der Waals surface area contributed by atoms with Gasteiger partial charge in [0, 0.05) is 13.1 Å². The predicted octanol–water partition coefficient (Wildman–Crippen LogP) is 0.445. The van der Waals surface area contributed by atoms with Gasteiger partial charge in [0.05, 0.1) is 5.75 Å². The predicted molar refractivity (Wildman–Crippen MR) is 57.4 cm³/mol. The summed E-state index contributed by atoms with van der Waals surface area (Å²) in [5.41, 5.74) is 0.443. The van der Waals surface area contributed by atoms with Gasteiger partial charge in [0.1, 0.15) is 0 Å². The molecule has 0 saturated heterocycles. The largest absolute Gasteiger partial charge is 0.315 e. The minimum atomic E-state index is -3.30. The van der Waals surface area contributed by atoms with Gasteiger partial charge in [0.2, 0.25) is 10.0 Å². The number of hydrogen-bond donors (Lipinski definition) is 2. The van der Waals surface area contributed by atoms with Crippen LogP contribution in [-0.4, -0.2) is 27.3 Å². The van der Waals surface area contributed by atoms with E-state index in [9.17, 15) is 8.42 Å². The second-order valence-electron chi connectivity index (χ2n) is 4.25. The quantitative estimate of drug-likeness (QED) is 0.638. The molecule has 0 heterocycles. The molecule has 5 heteroatoms. The van der Waals surface area contributed by atoms with E-state index in [1.54, 1.807) is 0 Å². The molecule has 0 aromatic carbocycles. The maximum absolute atomic E-state index is 10.6. The molecule has 0 aliphatic heterocycles. The van der Waals surface area contributed by atoms with Crippen LogP contribution in [0.3, 0.4) is 0 Å². The summed E-state index contributed by atoms with van der Waals surface area (Å²) in [6.07, 6.45) is 5.03. The van der Waals surface area contributed by atoms with Crippen LogP contribution >= 0.6 is 0 Å². The molecular weight excluding hydrogens is 200 g/mol. The molecule has 1 aliphatic carbocycles. The van der Waals surface area contributed by atoms with Crippen LogP contribution in [0.1, 0.15) is 32.6 Å². The number of hydrogen-bond acceptors (Lipinski definition) is 3. The van der Waals surface area contributed by atoms with Crippen molar-refractivity contribution in [1.29, 1.82) is 0 Å². The molecule has 0 radical (unpaired) electrons. The third-order valence-electron chi connectivity index (χ3n) is 3.23. The van der Waals surface area contributed by atoms with Crippen LogP contribution < -0.4 is 10.5 Å². The van der Waals surface area contributed by atoms with Crippen molar-refractivity contribution in [3.63, 3.8) is 0 Å². The van der Waals surface area contributed by atoms with E-state index in [0.29, 0.717) is 12.0 Å². The van der Waals surface area contributed by atoms with Gasteiger partial charge in [-0.15, -0.1) is 0 Å². The van der Waals surface area contributed by atoms with Crippen LogP contribution in [-0.2, 0) is 10.0 Å². The Morgan fingerprint density at radius 1 is 1.43 bits per heavy atom. The van der Waals surface area contributed by atoms with E-state index in [-0.39, 0.29) is 5.75 Å². The minimum absolute atomic E-state index is 0.0345. The number of primary sulfonamides is 1. The van der Waals surface area contributed by atoms with Gasteiger partial charge < -0.3 is 5.32 Å². The van der Waals surface area contributed by atoms with Gasteiger partial charge in [0.25, 0.3) is 0 Å². The van der Waals surface area contributed by atoms with Crippen molar-refractivity contribution >= 4 is 10.0 Å². The Morgan fingerprint density at radius 2 is 2.07 bits per heavy atom. The van der Waals surface area contributed by atoms with E-state index in [2.05, 4.69) is 12.2 Å². The van der Waals surface area contributed by atoms with E-state index < -0.39 is 10.0 Å². The van der Waals surface area contributed by atoms with E-state index in [4.69, 9.17) is 5.14 Å². The monoisotopic (exact) mass is 220 g/mol. The average Bonchev–Trinajstić information content (AvgIpc) is 2.00. The lowest BCUT2D eigenvalue weighted by Gasteiger charge is -2.41. The average molecular weight is 220 g/mol. The Kier molecular flexibility index (Phi) is 3.92. The Morgan fingerprint density at radius 3 is 2.43 bits per heavy atom. The standard InChI is InChI=1S/C9H20N2O2S/c1-2-9(4-3-5-9)8-11-6-7-14(10,12)13/h11H,2-8H2,1H3,(H2,10,12,13). The molecule has 0 unspecified atom stereocenters. The van der Waals surface area contributed by atoms with Crippen LogP contribution in [0.15, 0.2) is 0 Å². The van der Waals surface area contributed by atoms with E-state index in [0.717, 1.165) is 6.54 Å². The highest BCUT2D eigenvalue weighted by Crippen LogP contribution is 2.42. The smallest absolute Gasteiger partial charge is 0.210 e. The molecule has 0 atom stereocenters. The second kappa shape index (κ2) is 4.59. The maximum Gasteiger partial charge on any atom is 0.210 e. The maximum atomic E-state index is 10.6. The number of nitrogens with one attached hydrogen (secondary N) is 1. The zero-order valence-corrected chi connectivity index (χ0v) is 9.57. The first-order valence-corrected chi connectivity index (χ1v) is 6.90. The highest BCUT2D eigenvalue weighted by Gasteiger charge is 2.34. The van der Waals surface area contributed by atoms with Gasteiger partial charge in [-0.05, 0) is 24.7 Å². The third-order valence-corrected chi connectivity index (χ3v) is 4.00. The molecule has 1 saturated carbocycles. The molecule has 1 aliphatic rings. The van der Waals surface area contributed by atoms with Crippen LogP contribution in [0.25, 0.3) is 0 Å². The lowest BCUT2D eigenvalue weighted by molar-refractivity contribution is 0.125. The lowest BCUT2D eigenvalue weighted by Crippen LogP contribution is -2.41. The van der Waals surface area contributed by atoms with Gasteiger partial charge in [0.15, 0.2) is 0 Å². The van der Waals surface area contributed by atoms with Crippen LogP contribution in [0.2, 0.25) is 0 Å². The molecular formula is C9H20N2O2S. The summed E-state index contributed by atoms with van der Waals surface area (Å²) in [6.45, 7) is 3.60. The summed E-state index contributed by atoms with van der Waals surface area (Å²) in [5, 5.41) is 8.07. The van der Waals surface area contributed by atoms with Crippen molar-refractivity contribution in [2.75, 3.05) is 18.8 Å². The summed E-state index contributed by atoms with van der Waals surface area (Å²) >= 11 is 0. The van der Waals surface area contributed by atoms with Crippen LogP contribution in [0, 0.1) is 5.41 Å². The molecule has 3 N–H and O–H groups in total. The fraction of sp³-hybridized carbons (Fsp3) is 1.00. The minimum Gasteiger partial charge on any atom is -0.315 e. The van der Waals surface area contributed by atoms with Crippen molar-refractivity contribution < 1.29 is 8.42 Å². The second-order valence-corrected chi connectivity index (χ2v) is 5.98. The zero-order chi connectivity index (χ0) is 10.7. The highest BCUT2D eigenvalue weighted by atomic mass is 32.2. The number of sulfonamides is 1. The zero-order valence-electron chi connectivity index (χ0n) is 8.75. The SMILES string of the molecule is CCC1(CNCCS(N)(=O)=O)CCC1.